The van der Waals surface area contributed by atoms with Crippen LogP contribution in [0, 0.1) is 6.92 Å². The summed E-state index contributed by atoms with van der Waals surface area (Å²) in [6.45, 7) is 1.95. The summed E-state index contributed by atoms with van der Waals surface area (Å²) in [6.07, 6.45) is 0. The van der Waals surface area contributed by atoms with Crippen LogP contribution in [-0.2, 0) is 0 Å². The molecule has 27 heavy (non-hydrogen) atoms. The van der Waals surface area contributed by atoms with Crippen molar-refractivity contribution in [2.75, 3.05) is 14.2 Å². The summed E-state index contributed by atoms with van der Waals surface area (Å²) < 4.78 is 12.8. The van der Waals surface area contributed by atoms with E-state index in [1.807, 2.05) is 47.8 Å². The smallest absolute Gasteiger partial charge is 0.151 e. The van der Waals surface area contributed by atoms with Crippen LogP contribution < -0.4 is 9.47 Å². The number of fused-ring (bicyclic) bond motifs is 1. The molecule has 0 fully saturated rings. The van der Waals surface area contributed by atoms with E-state index in [9.17, 15) is 0 Å². The van der Waals surface area contributed by atoms with Crippen molar-refractivity contribution in [1.29, 1.82) is 0 Å². The fourth-order valence-electron chi connectivity index (χ4n) is 3.06. The second-order valence-electron chi connectivity index (χ2n) is 6.03. The summed E-state index contributed by atoms with van der Waals surface area (Å²) in [5.74, 6) is 1.42. The second kappa shape index (κ2) is 6.89. The van der Waals surface area contributed by atoms with Crippen LogP contribution in [0.3, 0.4) is 0 Å². The van der Waals surface area contributed by atoms with E-state index in [0.717, 1.165) is 33.8 Å². The van der Waals surface area contributed by atoms with Gasteiger partial charge in [0.2, 0.25) is 0 Å². The summed E-state index contributed by atoms with van der Waals surface area (Å²) in [4.78, 5) is 0. The molecule has 0 spiro atoms. The summed E-state index contributed by atoms with van der Waals surface area (Å²) in [7, 11) is 3.26. The second-order valence-corrected chi connectivity index (χ2v) is 6.41. The molecule has 136 valence electrons. The SMILES string of the molecule is COc1ccc(-c2cc3ccc(C)nn3c2-c2ccc(Cl)nn2)c(OC)c1. The molecule has 4 rings (SSSR count). The number of hydrogen-bond acceptors (Lipinski definition) is 5. The Bertz CT molecular complexity index is 1120. The van der Waals surface area contributed by atoms with Crippen LogP contribution in [0.4, 0.5) is 0 Å². The number of aromatic nitrogens is 4. The number of nitrogens with zero attached hydrogens (tertiary/aromatic N) is 4. The molecule has 0 unspecified atom stereocenters. The zero-order valence-corrected chi connectivity index (χ0v) is 15.9. The van der Waals surface area contributed by atoms with Crippen LogP contribution in [0.1, 0.15) is 5.69 Å². The van der Waals surface area contributed by atoms with Crippen LogP contribution in [0.2, 0.25) is 5.15 Å². The van der Waals surface area contributed by atoms with Gasteiger partial charge in [-0.05, 0) is 49.4 Å². The third-order valence-electron chi connectivity index (χ3n) is 4.33. The van der Waals surface area contributed by atoms with Gasteiger partial charge in [0, 0.05) is 17.2 Å². The quantitative estimate of drug-likeness (QED) is 0.524. The molecule has 7 heteroatoms. The van der Waals surface area contributed by atoms with E-state index in [2.05, 4.69) is 21.4 Å². The highest BCUT2D eigenvalue weighted by atomic mass is 35.5. The first-order valence-electron chi connectivity index (χ1n) is 8.32. The molecule has 6 nitrogen and oxygen atoms in total. The molecule has 0 N–H and O–H groups in total. The molecule has 4 aromatic rings. The Morgan fingerprint density at radius 1 is 0.889 bits per heavy atom. The number of ether oxygens (including phenoxy) is 2. The van der Waals surface area contributed by atoms with Gasteiger partial charge in [0.05, 0.1) is 25.4 Å². The van der Waals surface area contributed by atoms with Gasteiger partial charge < -0.3 is 9.47 Å². The Balaban J connectivity index is 2.04. The molecule has 3 heterocycles. The minimum absolute atomic E-state index is 0.340. The van der Waals surface area contributed by atoms with Crippen molar-refractivity contribution in [3.63, 3.8) is 0 Å². The predicted molar refractivity (Wildman–Crippen MR) is 105 cm³/mol. The third kappa shape index (κ3) is 3.08. The van der Waals surface area contributed by atoms with Crippen molar-refractivity contribution in [2.24, 2.45) is 0 Å². The largest absolute Gasteiger partial charge is 0.497 e. The average Bonchev–Trinajstić information content (AvgIpc) is 3.06. The van der Waals surface area contributed by atoms with E-state index in [-0.39, 0.29) is 0 Å². The van der Waals surface area contributed by atoms with Gasteiger partial charge in [0.1, 0.15) is 22.9 Å². The van der Waals surface area contributed by atoms with Gasteiger partial charge in [-0.1, -0.05) is 11.6 Å². The maximum atomic E-state index is 5.92. The molecule has 0 atom stereocenters. The fourth-order valence-corrected chi connectivity index (χ4v) is 3.16. The first-order valence-corrected chi connectivity index (χ1v) is 8.70. The lowest BCUT2D eigenvalue weighted by molar-refractivity contribution is 0.395. The van der Waals surface area contributed by atoms with E-state index in [0.29, 0.717) is 16.6 Å². The van der Waals surface area contributed by atoms with Crippen molar-refractivity contribution >= 4 is 17.1 Å². The van der Waals surface area contributed by atoms with Gasteiger partial charge in [-0.2, -0.15) is 5.10 Å². The Morgan fingerprint density at radius 3 is 2.44 bits per heavy atom. The molecule has 3 aromatic heterocycles. The number of methoxy groups -OCH3 is 2. The van der Waals surface area contributed by atoms with Crippen LogP contribution >= 0.6 is 11.6 Å². The standard InChI is InChI=1S/C20H17ClN4O2/c1-12-4-5-13-10-16(15-7-6-14(26-2)11-18(15)27-3)20(25(13)24-12)17-8-9-19(21)23-22-17/h4-11H,1-3H3. The molecular weight excluding hydrogens is 364 g/mol. The average molecular weight is 381 g/mol. The normalized spacial score (nSPS) is 11.0. The van der Waals surface area contributed by atoms with E-state index in [4.69, 9.17) is 21.1 Å². The number of benzene rings is 1. The zero-order chi connectivity index (χ0) is 19.0. The minimum Gasteiger partial charge on any atom is -0.497 e. The minimum atomic E-state index is 0.340. The maximum Gasteiger partial charge on any atom is 0.151 e. The highest BCUT2D eigenvalue weighted by Crippen LogP contribution is 2.40. The van der Waals surface area contributed by atoms with Crippen LogP contribution in [-0.4, -0.2) is 34.0 Å². The fraction of sp³-hybridized carbons (Fsp3) is 0.150. The lowest BCUT2D eigenvalue weighted by Crippen LogP contribution is -1.99. The Labute approximate surface area is 161 Å². The summed E-state index contributed by atoms with van der Waals surface area (Å²) in [5.41, 5.74) is 5.18. The first-order chi connectivity index (χ1) is 13.1. The number of halogens is 1. The van der Waals surface area contributed by atoms with Crippen molar-refractivity contribution in [1.82, 2.24) is 19.8 Å². The van der Waals surface area contributed by atoms with Crippen LogP contribution in [0.5, 0.6) is 11.5 Å². The van der Waals surface area contributed by atoms with E-state index >= 15 is 0 Å². The van der Waals surface area contributed by atoms with Gasteiger partial charge in [-0.15, -0.1) is 10.2 Å². The van der Waals surface area contributed by atoms with E-state index in [1.54, 1.807) is 20.3 Å². The van der Waals surface area contributed by atoms with Gasteiger partial charge in [-0.25, -0.2) is 4.52 Å². The molecule has 0 saturated carbocycles. The molecule has 0 amide bonds. The summed E-state index contributed by atoms with van der Waals surface area (Å²) in [6, 6.07) is 15.3. The Morgan fingerprint density at radius 2 is 1.74 bits per heavy atom. The van der Waals surface area contributed by atoms with Crippen molar-refractivity contribution < 1.29 is 9.47 Å². The molecular formula is C20H17ClN4O2. The highest BCUT2D eigenvalue weighted by molar-refractivity contribution is 6.29. The van der Waals surface area contributed by atoms with Crippen molar-refractivity contribution in [3.8, 4) is 34.0 Å². The molecule has 0 aliphatic carbocycles. The zero-order valence-electron chi connectivity index (χ0n) is 15.1. The topological polar surface area (TPSA) is 61.5 Å². The predicted octanol–water partition coefficient (Wildman–Crippen LogP) is 4.44. The third-order valence-corrected chi connectivity index (χ3v) is 4.53. The van der Waals surface area contributed by atoms with E-state index in [1.165, 1.54) is 0 Å². The van der Waals surface area contributed by atoms with Crippen molar-refractivity contribution in [3.05, 3.63) is 59.4 Å². The molecule has 0 aliphatic rings. The maximum absolute atomic E-state index is 5.92. The number of rotatable bonds is 4. The molecule has 0 saturated heterocycles. The Hall–Kier alpha value is -3.12. The monoisotopic (exact) mass is 380 g/mol. The molecule has 0 radical (unpaired) electrons. The van der Waals surface area contributed by atoms with Gasteiger partial charge in [0.25, 0.3) is 0 Å². The van der Waals surface area contributed by atoms with Crippen molar-refractivity contribution in [2.45, 2.75) is 6.92 Å². The van der Waals surface area contributed by atoms with Gasteiger partial charge in [-0.3, -0.25) is 0 Å². The lowest BCUT2D eigenvalue weighted by Gasteiger charge is -2.11. The van der Waals surface area contributed by atoms with Crippen LogP contribution in [0.25, 0.3) is 28.0 Å². The van der Waals surface area contributed by atoms with E-state index < -0.39 is 0 Å². The molecule has 0 aliphatic heterocycles. The highest BCUT2D eigenvalue weighted by Gasteiger charge is 2.20. The summed E-state index contributed by atoms with van der Waals surface area (Å²) in [5, 5.41) is 13.3. The first kappa shape index (κ1) is 17.3. The lowest BCUT2D eigenvalue weighted by atomic mass is 10.0. The number of hydrogen-bond donors (Lipinski definition) is 0. The molecule has 0 bridgehead atoms. The van der Waals surface area contributed by atoms with Crippen LogP contribution in [0.15, 0.2) is 48.5 Å². The molecule has 1 aromatic carbocycles. The Kier molecular flexibility index (Phi) is 4.41. The number of aryl methyl sites for hydroxylation is 1. The summed E-state index contributed by atoms with van der Waals surface area (Å²) >= 11 is 5.92. The van der Waals surface area contributed by atoms with Gasteiger partial charge >= 0.3 is 0 Å². The van der Waals surface area contributed by atoms with Gasteiger partial charge in [0.15, 0.2) is 5.15 Å².